The molecule has 2 atom stereocenters. The van der Waals surface area contributed by atoms with Crippen molar-refractivity contribution >= 4 is 5.91 Å². The smallest absolute Gasteiger partial charge is 0.248 e. The number of ether oxygens (including phenoxy) is 1. The van der Waals surface area contributed by atoms with Gasteiger partial charge in [-0.05, 0) is 31.9 Å². The molecule has 5 nitrogen and oxygen atoms in total. The lowest BCUT2D eigenvalue weighted by atomic mass is 10.1. The average Bonchev–Trinajstić information content (AvgIpc) is 3.09. The van der Waals surface area contributed by atoms with E-state index in [2.05, 4.69) is 16.0 Å². The third-order valence-corrected chi connectivity index (χ3v) is 4.53. The molecular formula is C16H23N3O2. The maximum atomic E-state index is 12.2. The molecule has 0 spiro atoms. The highest BCUT2D eigenvalue weighted by Gasteiger charge is 2.44. The minimum absolute atomic E-state index is 0.143. The summed E-state index contributed by atoms with van der Waals surface area (Å²) in [6, 6.07) is 6.89. The van der Waals surface area contributed by atoms with Gasteiger partial charge in [0, 0.05) is 44.5 Å². The van der Waals surface area contributed by atoms with E-state index in [1.165, 1.54) is 0 Å². The van der Waals surface area contributed by atoms with Crippen molar-refractivity contribution in [2.75, 3.05) is 26.3 Å². The number of fused-ring (bicyclic) bond motifs is 1. The maximum Gasteiger partial charge on any atom is 0.248 e. The van der Waals surface area contributed by atoms with Gasteiger partial charge in [-0.3, -0.25) is 14.7 Å². The molecule has 21 heavy (non-hydrogen) atoms. The Bertz CT molecular complexity index is 480. The van der Waals surface area contributed by atoms with E-state index in [9.17, 15) is 4.79 Å². The summed E-state index contributed by atoms with van der Waals surface area (Å²) in [4.78, 5) is 21.1. The lowest BCUT2D eigenvalue weighted by molar-refractivity contribution is -0.136. The predicted molar refractivity (Wildman–Crippen MR) is 79.7 cm³/mol. The Morgan fingerprint density at radius 3 is 2.95 bits per heavy atom. The molecule has 0 saturated carbocycles. The second-order valence-corrected chi connectivity index (χ2v) is 5.73. The fourth-order valence-corrected chi connectivity index (χ4v) is 3.55. The highest BCUT2D eigenvalue weighted by Crippen LogP contribution is 2.32. The fraction of sp³-hybridized carbons (Fsp3) is 0.625. The number of carbonyl (C=O) groups excluding carboxylic acids is 1. The van der Waals surface area contributed by atoms with Crippen LogP contribution in [0.4, 0.5) is 0 Å². The van der Waals surface area contributed by atoms with Crippen molar-refractivity contribution < 1.29 is 9.53 Å². The summed E-state index contributed by atoms with van der Waals surface area (Å²) >= 11 is 0. The highest BCUT2D eigenvalue weighted by molar-refractivity contribution is 5.78. The number of pyridine rings is 1. The maximum absolute atomic E-state index is 12.2. The van der Waals surface area contributed by atoms with E-state index in [0.29, 0.717) is 18.7 Å². The van der Waals surface area contributed by atoms with E-state index < -0.39 is 0 Å². The number of hydrogen-bond donors (Lipinski definition) is 0. The van der Waals surface area contributed by atoms with Gasteiger partial charge >= 0.3 is 0 Å². The van der Waals surface area contributed by atoms with Gasteiger partial charge < -0.3 is 9.64 Å². The number of rotatable bonds is 5. The fourth-order valence-electron chi connectivity index (χ4n) is 3.55. The van der Waals surface area contributed by atoms with Crippen LogP contribution >= 0.6 is 0 Å². The van der Waals surface area contributed by atoms with Crippen molar-refractivity contribution in [3.8, 4) is 0 Å². The normalized spacial score (nSPS) is 25.3. The van der Waals surface area contributed by atoms with Crippen molar-refractivity contribution in [1.82, 2.24) is 14.8 Å². The molecule has 2 fully saturated rings. The molecule has 2 aliphatic rings. The first-order valence-corrected chi connectivity index (χ1v) is 7.80. The lowest BCUT2D eigenvalue weighted by Crippen LogP contribution is -2.41. The van der Waals surface area contributed by atoms with Crippen LogP contribution in [0.3, 0.4) is 0 Å². The van der Waals surface area contributed by atoms with E-state index in [1.54, 1.807) is 0 Å². The van der Waals surface area contributed by atoms with Crippen molar-refractivity contribution in [3.63, 3.8) is 0 Å². The molecule has 0 bridgehead atoms. The molecule has 0 N–H and O–H groups in total. The van der Waals surface area contributed by atoms with Crippen LogP contribution in [0.2, 0.25) is 0 Å². The summed E-state index contributed by atoms with van der Waals surface area (Å²) in [6.45, 7) is 5.53. The van der Waals surface area contributed by atoms with Gasteiger partial charge in [0.2, 0.25) is 5.91 Å². The Morgan fingerprint density at radius 1 is 1.33 bits per heavy atom. The van der Waals surface area contributed by atoms with Crippen LogP contribution in [-0.2, 0) is 16.1 Å². The first-order valence-electron chi connectivity index (χ1n) is 7.80. The largest absolute Gasteiger partial charge is 0.372 e. The van der Waals surface area contributed by atoms with Crippen LogP contribution < -0.4 is 0 Å². The van der Waals surface area contributed by atoms with Gasteiger partial charge in [0.25, 0.3) is 0 Å². The van der Waals surface area contributed by atoms with E-state index >= 15 is 0 Å². The van der Waals surface area contributed by atoms with Gasteiger partial charge in [0.05, 0.1) is 5.69 Å². The zero-order valence-electron chi connectivity index (χ0n) is 12.6. The molecule has 2 aliphatic heterocycles. The van der Waals surface area contributed by atoms with E-state index in [0.717, 1.165) is 38.2 Å². The van der Waals surface area contributed by atoms with Gasteiger partial charge in [-0.15, -0.1) is 0 Å². The first kappa shape index (κ1) is 14.5. The number of hydrogen-bond acceptors (Lipinski definition) is 4. The first-order chi connectivity index (χ1) is 10.3. The van der Waals surface area contributed by atoms with Crippen LogP contribution in [0.5, 0.6) is 0 Å². The van der Waals surface area contributed by atoms with Crippen molar-refractivity contribution in [2.24, 2.45) is 0 Å². The molecule has 114 valence electrons. The molecule has 1 aromatic rings. The Morgan fingerprint density at radius 2 is 2.19 bits per heavy atom. The molecule has 2 saturated heterocycles. The van der Waals surface area contributed by atoms with Crippen molar-refractivity contribution in [2.45, 2.75) is 38.4 Å². The zero-order valence-corrected chi connectivity index (χ0v) is 12.6. The van der Waals surface area contributed by atoms with Crippen LogP contribution in [-0.4, -0.2) is 59.1 Å². The SMILES string of the molecule is CCOCC(=O)N1CCC2C1CCN2Cc1ccccn1. The minimum atomic E-state index is 0.143. The summed E-state index contributed by atoms with van der Waals surface area (Å²) < 4.78 is 5.26. The van der Waals surface area contributed by atoms with Crippen molar-refractivity contribution in [1.29, 1.82) is 0 Å². The molecule has 1 aromatic heterocycles. The zero-order chi connectivity index (χ0) is 14.7. The Kier molecular flexibility index (Phi) is 4.51. The number of carbonyl (C=O) groups is 1. The van der Waals surface area contributed by atoms with Crippen LogP contribution in [0, 0.1) is 0 Å². The molecule has 3 rings (SSSR count). The molecular weight excluding hydrogens is 266 g/mol. The number of likely N-dealkylation sites (tertiary alicyclic amines) is 2. The van der Waals surface area contributed by atoms with Crippen LogP contribution in [0.25, 0.3) is 0 Å². The molecule has 5 heteroatoms. The standard InChI is InChI=1S/C16H23N3O2/c1-2-21-12-16(20)19-10-7-14-15(19)6-9-18(14)11-13-5-3-4-8-17-13/h3-5,8,14-15H,2,6-7,9-12H2,1H3. The van der Waals surface area contributed by atoms with Gasteiger partial charge in [-0.25, -0.2) is 0 Å². The molecule has 1 amide bonds. The molecule has 0 radical (unpaired) electrons. The average molecular weight is 289 g/mol. The molecule has 0 aliphatic carbocycles. The number of aromatic nitrogens is 1. The highest BCUT2D eigenvalue weighted by atomic mass is 16.5. The second-order valence-electron chi connectivity index (χ2n) is 5.73. The van der Waals surface area contributed by atoms with Gasteiger partial charge in [-0.1, -0.05) is 6.07 Å². The quantitative estimate of drug-likeness (QED) is 0.819. The van der Waals surface area contributed by atoms with Crippen LogP contribution in [0.1, 0.15) is 25.5 Å². The Balaban J connectivity index is 1.60. The summed E-state index contributed by atoms with van der Waals surface area (Å²) in [7, 11) is 0. The summed E-state index contributed by atoms with van der Waals surface area (Å²) in [5.74, 6) is 0.143. The minimum Gasteiger partial charge on any atom is -0.372 e. The summed E-state index contributed by atoms with van der Waals surface area (Å²) in [5.41, 5.74) is 1.11. The van der Waals surface area contributed by atoms with Gasteiger partial charge in [0.15, 0.2) is 0 Å². The van der Waals surface area contributed by atoms with E-state index in [4.69, 9.17) is 4.74 Å². The Labute approximate surface area is 125 Å². The molecule has 3 heterocycles. The van der Waals surface area contributed by atoms with Crippen LogP contribution in [0.15, 0.2) is 24.4 Å². The molecule has 0 aromatic carbocycles. The third-order valence-electron chi connectivity index (χ3n) is 4.53. The topological polar surface area (TPSA) is 45.7 Å². The Hall–Kier alpha value is -1.46. The van der Waals surface area contributed by atoms with E-state index in [-0.39, 0.29) is 12.5 Å². The molecule has 2 unspecified atom stereocenters. The predicted octanol–water partition coefficient (Wildman–Crippen LogP) is 1.29. The lowest BCUT2D eigenvalue weighted by Gasteiger charge is -2.25. The van der Waals surface area contributed by atoms with Gasteiger partial charge in [-0.2, -0.15) is 0 Å². The third kappa shape index (κ3) is 3.09. The second kappa shape index (κ2) is 6.54. The summed E-state index contributed by atoms with van der Waals surface area (Å²) in [5, 5.41) is 0. The van der Waals surface area contributed by atoms with Crippen molar-refractivity contribution in [3.05, 3.63) is 30.1 Å². The number of nitrogens with zero attached hydrogens (tertiary/aromatic N) is 3. The van der Waals surface area contributed by atoms with E-state index in [1.807, 2.05) is 30.2 Å². The summed E-state index contributed by atoms with van der Waals surface area (Å²) in [6.07, 6.45) is 3.97. The number of amides is 1. The van der Waals surface area contributed by atoms with Gasteiger partial charge in [0.1, 0.15) is 6.61 Å². The monoisotopic (exact) mass is 289 g/mol.